The van der Waals surface area contributed by atoms with Gasteiger partial charge < -0.3 is 0 Å². The second-order valence-corrected chi connectivity index (χ2v) is 8.29. The van der Waals surface area contributed by atoms with E-state index in [1.165, 1.54) is 37.8 Å². The molecule has 112 valence electrons. The molecule has 0 aliphatic heterocycles. The maximum Gasteiger partial charge on any atom is 0.240 e. The molecule has 0 heterocycles. The first-order valence-corrected chi connectivity index (χ1v) is 9.59. The highest BCUT2D eigenvalue weighted by Crippen LogP contribution is 2.28. The van der Waals surface area contributed by atoms with E-state index in [9.17, 15) is 8.42 Å². The van der Waals surface area contributed by atoms with E-state index in [4.69, 9.17) is 11.6 Å². The van der Waals surface area contributed by atoms with Crippen LogP contribution in [0.25, 0.3) is 0 Å². The molecule has 0 spiro atoms. The van der Waals surface area contributed by atoms with Crippen LogP contribution in [-0.4, -0.2) is 15.0 Å². The molecule has 1 aromatic carbocycles. The van der Waals surface area contributed by atoms with Crippen molar-refractivity contribution in [3.8, 4) is 0 Å². The molecule has 0 bridgehead atoms. The molecule has 1 saturated carbocycles. The molecule has 20 heavy (non-hydrogen) atoms. The molecule has 2 rings (SSSR count). The van der Waals surface area contributed by atoms with E-state index < -0.39 is 10.0 Å². The highest BCUT2D eigenvalue weighted by atomic mass is 79.9. The van der Waals surface area contributed by atoms with Gasteiger partial charge in [0.2, 0.25) is 10.0 Å². The fourth-order valence-electron chi connectivity index (χ4n) is 2.62. The van der Waals surface area contributed by atoms with E-state index in [-0.39, 0.29) is 4.90 Å². The zero-order valence-corrected chi connectivity index (χ0v) is 14.4. The van der Waals surface area contributed by atoms with E-state index in [1.807, 2.05) is 0 Å². The normalized spacial score (nSPS) is 16.7. The standard InChI is InChI=1S/C14H19BrClNO2S/c15-13-10-12(7-8-14(13)16)20(18,19)17-9-3-6-11-4-1-2-5-11/h7-8,10-11,17H,1-6,9H2. The number of sulfonamides is 1. The molecule has 3 nitrogen and oxygen atoms in total. The summed E-state index contributed by atoms with van der Waals surface area (Å²) in [4.78, 5) is 0.245. The van der Waals surface area contributed by atoms with Gasteiger partial charge in [-0.05, 0) is 52.9 Å². The lowest BCUT2D eigenvalue weighted by molar-refractivity contribution is 0.480. The zero-order chi connectivity index (χ0) is 14.6. The van der Waals surface area contributed by atoms with Crippen LogP contribution in [0.1, 0.15) is 38.5 Å². The lowest BCUT2D eigenvalue weighted by atomic mass is 10.0. The smallest absolute Gasteiger partial charge is 0.211 e. The fraction of sp³-hybridized carbons (Fsp3) is 0.571. The number of rotatable bonds is 6. The van der Waals surface area contributed by atoms with Gasteiger partial charge in [0.1, 0.15) is 0 Å². The van der Waals surface area contributed by atoms with E-state index in [1.54, 1.807) is 6.07 Å². The Morgan fingerprint density at radius 1 is 1.30 bits per heavy atom. The molecule has 1 N–H and O–H groups in total. The molecule has 0 atom stereocenters. The van der Waals surface area contributed by atoms with Crippen molar-refractivity contribution in [2.45, 2.75) is 43.4 Å². The van der Waals surface area contributed by atoms with Crippen molar-refractivity contribution in [1.29, 1.82) is 0 Å². The third kappa shape index (κ3) is 4.45. The Morgan fingerprint density at radius 2 is 2.00 bits per heavy atom. The lowest BCUT2D eigenvalue weighted by Crippen LogP contribution is -2.25. The number of hydrogen-bond acceptors (Lipinski definition) is 2. The molecule has 0 aromatic heterocycles. The minimum absolute atomic E-state index is 0.245. The molecule has 0 saturated heterocycles. The van der Waals surface area contributed by atoms with Crippen LogP contribution in [0.4, 0.5) is 0 Å². The Balaban J connectivity index is 1.85. The predicted molar refractivity (Wildman–Crippen MR) is 85.5 cm³/mol. The Morgan fingerprint density at radius 3 is 2.65 bits per heavy atom. The molecule has 0 radical (unpaired) electrons. The summed E-state index contributed by atoms with van der Waals surface area (Å²) in [5.41, 5.74) is 0. The Kier molecular flexibility index (Phi) is 5.90. The van der Waals surface area contributed by atoms with Crippen LogP contribution in [0.3, 0.4) is 0 Å². The largest absolute Gasteiger partial charge is 0.240 e. The average molecular weight is 381 g/mol. The summed E-state index contributed by atoms with van der Waals surface area (Å²) >= 11 is 9.11. The molecule has 1 aliphatic rings. The molecular formula is C14H19BrClNO2S. The predicted octanol–water partition coefficient (Wildman–Crippen LogP) is 4.35. The van der Waals surface area contributed by atoms with Crippen LogP contribution < -0.4 is 4.72 Å². The van der Waals surface area contributed by atoms with Gasteiger partial charge in [-0.3, -0.25) is 0 Å². The number of benzene rings is 1. The van der Waals surface area contributed by atoms with Gasteiger partial charge in [-0.15, -0.1) is 0 Å². The first kappa shape index (κ1) is 16.3. The molecule has 6 heteroatoms. The molecular weight excluding hydrogens is 362 g/mol. The monoisotopic (exact) mass is 379 g/mol. The van der Waals surface area contributed by atoms with Crippen LogP contribution in [0.15, 0.2) is 27.6 Å². The minimum Gasteiger partial charge on any atom is -0.211 e. The van der Waals surface area contributed by atoms with Crippen molar-refractivity contribution in [2.24, 2.45) is 5.92 Å². The maximum absolute atomic E-state index is 12.1. The highest BCUT2D eigenvalue weighted by Gasteiger charge is 2.17. The number of hydrogen-bond donors (Lipinski definition) is 1. The summed E-state index contributed by atoms with van der Waals surface area (Å²) in [6.07, 6.45) is 7.28. The second kappa shape index (κ2) is 7.25. The van der Waals surface area contributed by atoms with Gasteiger partial charge in [0, 0.05) is 11.0 Å². The summed E-state index contributed by atoms with van der Waals surface area (Å²) in [7, 11) is -3.43. The van der Waals surface area contributed by atoms with E-state index in [2.05, 4.69) is 20.7 Å². The van der Waals surface area contributed by atoms with E-state index >= 15 is 0 Å². The van der Waals surface area contributed by atoms with Gasteiger partial charge in [0.25, 0.3) is 0 Å². The summed E-state index contributed by atoms with van der Waals surface area (Å²) in [6, 6.07) is 4.63. The SMILES string of the molecule is O=S(=O)(NCCCC1CCCC1)c1ccc(Cl)c(Br)c1. The molecule has 1 aromatic rings. The third-order valence-corrected chi connectivity index (χ3v) is 6.43. The Labute approximate surface area is 134 Å². The van der Waals surface area contributed by atoms with Crippen LogP contribution in [0.5, 0.6) is 0 Å². The van der Waals surface area contributed by atoms with E-state index in [0.717, 1.165) is 18.8 Å². The quantitative estimate of drug-likeness (QED) is 0.746. The topological polar surface area (TPSA) is 46.2 Å². The maximum atomic E-state index is 12.1. The van der Waals surface area contributed by atoms with Crippen molar-refractivity contribution >= 4 is 37.6 Å². The van der Waals surface area contributed by atoms with Gasteiger partial charge in [0.05, 0.1) is 9.92 Å². The number of nitrogens with one attached hydrogen (secondary N) is 1. The van der Waals surface area contributed by atoms with E-state index in [0.29, 0.717) is 16.0 Å². The third-order valence-electron chi connectivity index (χ3n) is 3.76. The van der Waals surface area contributed by atoms with Crippen molar-refractivity contribution in [3.63, 3.8) is 0 Å². The van der Waals surface area contributed by atoms with Crippen molar-refractivity contribution < 1.29 is 8.42 Å². The fourth-order valence-corrected chi connectivity index (χ4v) is 4.37. The second-order valence-electron chi connectivity index (χ2n) is 5.27. The molecule has 0 amide bonds. The lowest BCUT2D eigenvalue weighted by Gasteiger charge is -2.10. The zero-order valence-electron chi connectivity index (χ0n) is 11.2. The van der Waals surface area contributed by atoms with Gasteiger partial charge >= 0.3 is 0 Å². The highest BCUT2D eigenvalue weighted by molar-refractivity contribution is 9.10. The molecule has 0 unspecified atom stereocenters. The Hall–Kier alpha value is -0.100. The van der Waals surface area contributed by atoms with Crippen LogP contribution >= 0.6 is 27.5 Å². The summed E-state index contributed by atoms with van der Waals surface area (Å²) < 4.78 is 27.5. The molecule has 1 fully saturated rings. The van der Waals surface area contributed by atoms with Gasteiger partial charge in [0.15, 0.2) is 0 Å². The van der Waals surface area contributed by atoms with Gasteiger partial charge in [-0.2, -0.15) is 0 Å². The van der Waals surface area contributed by atoms with Crippen molar-refractivity contribution in [3.05, 3.63) is 27.7 Å². The van der Waals surface area contributed by atoms with Crippen molar-refractivity contribution in [1.82, 2.24) is 4.72 Å². The minimum atomic E-state index is -3.43. The first-order valence-electron chi connectivity index (χ1n) is 6.94. The van der Waals surface area contributed by atoms with Gasteiger partial charge in [-0.1, -0.05) is 37.3 Å². The van der Waals surface area contributed by atoms with Crippen molar-refractivity contribution in [2.75, 3.05) is 6.54 Å². The van der Waals surface area contributed by atoms with Crippen LogP contribution in [0, 0.1) is 5.92 Å². The average Bonchev–Trinajstić information content (AvgIpc) is 2.91. The first-order chi connectivity index (χ1) is 9.49. The Bertz CT molecular complexity index is 556. The number of halogens is 2. The van der Waals surface area contributed by atoms with Crippen LogP contribution in [-0.2, 0) is 10.0 Å². The summed E-state index contributed by atoms with van der Waals surface area (Å²) in [5.74, 6) is 0.796. The summed E-state index contributed by atoms with van der Waals surface area (Å²) in [6.45, 7) is 0.499. The summed E-state index contributed by atoms with van der Waals surface area (Å²) in [5, 5.41) is 0.505. The molecule has 1 aliphatic carbocycles. The van der Waals surface area contributed by atoms with Crippen LogP contribution in [0.2, 0.25) is 5.02 Å². The van der Waals surface area contributed by atoms with Gasteiger partial charge in [-0.25, -0.2) is 13.1 Å².